The van der Waals surface area contributed by atoms with Gasteiger partial charge in [0.25, 0.3) is 11.6 Å². The van der Waals surface area contributed by atoms with Gasteiger partial charge in [-0.3, -0.25) is 14.9 Å². The molecule has 0 spiro atoms. The summed E-state index contributed by atoms with van der Waals surface area (Å²) in [5.74, 6) is -0.324. The number of amides is 1. The summed E-state index contributed by atoms with van der Waals surface area (Å²) in [4.78, 5) is 25.2. The topological polar surface area (TPSA) is 96.7 Å². The Morgan fingerprint density at radius 1 is 1.40 bits per heavy atom. The SMILES string of the molecule is CC(C)NC(=O)c1ccc(NC(C)C2CN(C)CCO2)c([N+](=O)[O-])c1. The number of nitrogens with zero attached hydrogens (tertiary/aromatic N) is 2. The van der Waals surface area contributed by atoms with Crippen molar-refractivity contribution >= 4 is 17.3 Å². The van der Waals surface area contributed by atoms with Gasteiger partial charge in [-0.2, -0.15) is 0 Å². The Hall–Kier alpha value is -2.19. The van der Waals surface area contributed by atoms with Crippen LogP contribution in [0.1, 0.15) is 31.1 Å². The summed E-state index contributed by atoms with van der Waals surface area (Å²) in [7, 11) is 2.02. The van der Waals surface area contributed by atoms with Crippen molar-refractivity contribution in [1.29, 1.82) is 0 Å². The van der Waals surface area contributed by atoms with Gasteiger partial charge in [-0.05, 0) is 40.0 Å². The lowest BCUT2D eigenvalue weighted by Crippen LogP contribution is -2.47. The Balaban J connectivity index is 2.16. The lowest BCUT2D eigenvalue weighted by molar-refractivity contribution is -0.384. The second-order valence-corrected chi connectivity index (χ2v) is 6.72. The molecule has 2 N–H and O–H groups in total. The molecular weight excluding hydrogens is 324 g/mol. The highest BCUT2D eigenvalue weighted by molar-refractivity contribution is 5.95. The molecule has 0 bridgehead atoms. The molecule has 1 aliphatic heterocycles. The summed E-state index contributed by atoms with van der Waals surface area (Å²) in [6.07, 6.45) is -0.0535. The number of ether oxygens (including phenoxy) is 1. The Bertz CT molecular complexity index is 635. The average molecular weight is 350 g/mol. The lowest BCUT2D eigenvalue weighted by Gasteiger charge is -2.34. The van der Waals surface area contributed by atoms with Gasteiger partial charge in [-0.15, -0.1) is 0 Å². The Morgan fingerprint density at radius 3 is 2.72 bits per heavy atom. The average Bonchev–Trinajstić information content (AvgIpc) is 2.54. The van der Waals surface area contributed by atoms with Crippen molar-refractivity contribution in [3.05, 3.63) is 33.9 Å². The number of hydrogen-bond acceptors (Lipinski definition) is 6. The summed E-state index contributed by atoms with van der Waals surface area (Å²) >= 11 is 0. The van der Waals surface area contributed by atoms with Crippen molar-refractivity contribution < 1.29 is 14.5 Å². The van der Waals surface area contributed by atoms with Gasteiger partial charge < -0.3 is 20.3 Å². The molecule has 25 heavy (non-hydrogen) atoms. The van der Waals surface area contributed by atoms with Gasteiger partial charge in [0.2, 0.25) is 0 Å². The van der Waals surface area contributed by atoms with Gasteiger partial charge >= 0.3 is 0 Å². The van der Waals surface area contributed by atoms with Crippen LogP contribution in [0.15, 0.2) is 18.2 Å². The van der Waals surface area contributed by atoms with E-state index in [-0.39, 0.29) is 35.3 Å². The van der Waals surface area contributed by atoms with Crippen LogP contribution in [0, 0.1) is 10.1 Å². The van der Waals surface area contributed by atoms with E-state index in [0.717, 1.165) is 13.1 Å². The van der Waals surface area contributed by atoms with Gasteiger partial charge in [0.1, 0.15) is 5.69 Å². The molecule has 8 nitrogen and oxygen atoms in total. The van der Waals surface area contributed by atoms with E-state index in [1.807, 2.05) is 27.8 Å². The Morgan fingerprint density at radius 2 is 2.12 bits per heavy atom. The maximum atomic E-state index is 12.1. The first-order chi connectivity index (χ1) is 11.8. The van der Waals surface area contributed by atoms with Crippen LogP contribution in [-0.2, 0) is 4.74 Å². The summed E-state index contributed by atoms with van der Waals surface area (Å²) in [6.45, 7) is 7.90. The largest absolute Gasteiger partial charge is 0.374 e. The number of nitrogens with one attached hydrogen (secondary N) is 2. The zero-order valence-corrected chi connectivity index (χ0v) is 15.1. The van der Waals surface area contributed by atoms with E-state index in [1.54, 1.807) is 12.1 Å². The zero-order valence-electron chi connectivity index (χ0n) is 15.1. The minimum Gasteiger partial charge on any atom is -0.374 e. The van der Waals surface area contributed by atoms with Gasteiger partial charge in [-0.25, -0.2) is 0 Å². The van der Waals surface area contributed by atoms with Gasteiger partial charge in [0, 0.05) is 30.8 Å². The highest BCUT2D eigenvalue weighted by Crippen LogP contribution is 2.27. The quantitative estimate of drug-likeness (QED) is 0.600. The van der Waals surface area contributed by atoms with E-state index in [4.69, 9.17) is 4.74 Å². The van der Waals surface area contributed by atoms with Crippen LogP contribution >= 0.6 is 0 Å². The fraction of sp³-hybridized carbons (Fsp3) is 0.588. The van der Waals surface area contributed by atoms with Crippen molar-refractivity contribution in [2.75, 3.05) is 32.1 Å². The van der Waals surface area contributed by atoms with Crippen molar-refractivity contribution in [3.8, 4) is 0 Å². The standard InChI is InChI=1S/C17H26N4O4/c1-11(2)18-17(22)13-5-6-14(15(9-13)21(23)24)19-12(3)16-10-20(4)7-8-25-16/h5-6,9,11-12,16,19H,7-8,10H2,1-4H3,(H,18,22). The third-order valence-electron chi connectivity index (χ3n) is 4.11. The fourth-order valence-corrected chi connectivity index (χ4v) is 2.74. The highest BCUT2D eigenvalue weighted by Gasteiger charge is 2.26. The summed E-state index contributed by atoms with van der Waals surface area (Å²) in [5.41, 5.74) is 0.537. The van der Waals surface area contributed by atoms with Gasteiger partial charge in [0.05, 0.1) is 23.7 Å². The molecule has 8 heteroatoms. The molecule has 2 unspecified atom stereocenters. The van der Waals surface area contributed by atoms with Crippen LogP contribution in [0.25, 0.3) is 0 Å². The van der Waals surface area contributed by atoms with E-state index >= 15 is 0 Å². The molecular formula is C17H26N4O4. The first-order valence-corrected chi connectivity index (χ1v) is 8.44. The van der Waals surface area contributed by atoms with E-state index in [9.17, 15) is 14.9 Å². The molecule has 1 aliphatic rings. The number of hydrogen-bond donors (Lipinski definition) is 2. The number of carbonyl (C=O) groups excluding carboxylic acids is 1. The first kappa shape index (κ1) is 19.1. The van der Waals surface area contributed by atoms with E-state index in [2.05, 4.69) is 15.5 Å². The molecule has 0 aliphatic carbocycles. The molecule has 1 aromatic carbocycles. The molecule has 2 atom stereocenters. The second kappa shape index (κ2) is 8.26. The smallest absolute Gasteiger partial charge is 0.293 e. The number of likely N-dealkylation sites (N-methyl/N-ethyl adjacent to an activating group) is 1. The number of carbonyl (C=O) groups is 1. The minimum absolute atomic E-state index is 0.0372. The molecule has 138 valence electrons. The zero-order chi connectivity index (χ0) is 18.6. The summed E-state index contributed by atoms with van der Waals surface area (Å²) in [6, 6.07) is 4.34. The third kappa shape index (κ3) is 5.14. The molecule has 1 aromatic rings. The van der Waals surface area contributed by atoms with E-state index in [0.29, 0.717) is 12.3 Å². The predicted molar refractivity (Wildman–Crippen MR) is 96.0 cm³/mol. The summed E-state index contributed by atoms with van der Waals surface area (Å²) in [5, 5.41) is 17.3. The van der Waals surface area contributed by atoms with Crippen LogP contribution in [0.3, 0.4) is 0 Å². The van der Waals surface area contributed by atoms with Crippen molar-refractivity contribution in [1.82, 2.24) is 10.2 Å². The van der Waals surface area contributed by atoms with Crippen LogP contribution in [0.4, 0.5) is 11.4 Å². The molecule has 1 amide bonds. The molecule has 0 aromatic heterocycles. The van der Waals surface area contributed by atoms with E-state index < -0.39 is 4.92 Å². The lowest BCUT2D eigenvalue weighted by atomic mass is 10.1. The predicted octanol–water partition coefficient (Wildman–Crippen LogP) is 1.86. The van der Waals surface area contributed by atoms with Crippen LogP contribution in [-0.4, -0.2) is 60.7 Å². The van der Waals surface area contributed by atoms with Crippen molar-refractivity contribution in [2.24, 2.45) is 0 Å². The molecule has 1 saturated heterocycles. The van der Waals surface area contributed by atoms with Crippen molar-refractivity contribution in [2.45, 2.75) is 39.0 Å². The molecule has 1 heterocycles. The number of nitro groups is 1. The van der Waals surface area contributed by atoms with Crippen LogP contribution in [0.5, 0.6) is 0 Å². The van der Waals surface area contributed by atoms with Crippen LogP contribution in [0.2, 0.25) is 0 Å². The Labute approximate surface area is 147 Å². The highest BCUT2D eigenvalue weighted by atomic mass is 16.6. The molecule has 0 saturated carbocycles. The normalized spacial score (nSPS) is 19.5. The number of morpholine rings is 1. The van der Waals surface area contributed by atoms with Crippen molar-refractivity contribution in [3.63, 3.8) is 0 Å². The third-order valence-corrected chi connectivity index (χ3v) is 4.11. The van der Waals surface area contributed by atoms with Crippen LogP contribution < -0.4 is 10.6 Å². The number of benzene rings is 1. The molecule has 0 radical (unpaired) electrons. The molecule has 2 rings (SSSR count). The first-order valence-electron chi connectivity index (χ1n) is 8.44. The Kier molecular flexibility index (Phi) is 6.33. The second-order valence-electron chi connectivity index (χ2n) is 6.72. The summed E-state index contributed by atoms with van der Waals surface area (Å²) < 4.78 is 5.75. The maximum absolute atomic E-state index is 12.1. The number of rotatable bonds is 6. The number of nitro benzene ring substituents is 1. The van der Waals surface area contributed by atoms with E-state index in [1.165, 1.54) is 6.07 Å². The monoisotopic (exact) mass is 350 g/mol. The minimum atomic E-state index is -0.477. The van der Waals surface area contributed by atoms with Gasteiger partial charge in [-0.1, -0.05) is 0 Å². The maximum Gasteiger partial charge on any atom is 0.293 e. The molecule has 1 fully saturated rings. The fourth-order valence-electron chi connectivity index (χ4n) is 2.74. The van der Waals surface area contributed by atoms with Gasteiger partial charge in [0.15, 0.2) is 0 Å². The number of anilines is 1.